The lowest BCUT2D eigenvalue weighted by Crippen LogP contribution is -2.59. The highest BCUT2D eigenvalue weighted by Gasteiger charge is 2.80. The molecule has 5 rings (SSSR count). The van der Waals surface area contributed by atoms with Crippen molar-refractivity contribution in [3.8, 4) is 5.75 Å². The van der Waals surface area contributed by atoms with E-state index >= 15 is 0 Å². The first-order valence-corrected chi connectivity index (χ1v) is 15.8. The van der Waals surface area contributed by atoms with E-state index in [-0.39, 0.29) is 36.2 Å². The molecule has 3 N–H and O–H groups in total. The number of aliphatic hydroxyl groups excluding tert-OH is 1. The molecule has 4 fully saturated rings. The number of fused-ring (bicyclic) bond motifs is 1. The largest absolute Gasteiger partial charge is 0.494 e. The fourth-order valence-corrected chi connectivity index (χ4v) is 7.87. The molecule has 1 spiro atoms. The van der Waals surface area contributed by atoms with Gasteiger partial charge in [0.15, 0.2) is 0 Å². The Morgan fingerprint density at radius 2 is 1.86 bits per heavy atom. The molecule has 0 aromatic heterocycles. The van der Waals surface area contributed by atoms with Gasteiger partial charge in [0.05, 0.1) is 49.9 Å². The van der Waals surface area contributed by atoms with Crippen LogP contribution < -0.4 is 15.4 Å². The second kappa shape index (κ2) is 12.7. The molecule has 43 heavy (non-hydrogen) atoms. The smallest absolute Gasteiger partial charge is 0.245 e. The molecular weight excluding hydrogens is 552 g/mol. The van der Waals surface area contributed by atoms with E-state index in [1.807, 2.05) is 34.6 Å². The Morgan fingerprint density at radius 3 is 2.49 bits per heavy atom. The number of nitrogens with zero attached hydrogens (tertiary/aromatic N) is 2. The number of anilines is 1. The quantitative estimate of drug-likeness (QED) is 0.332. The molecule has 7 atom stereocenters. The highest BCUT2D eigenvalue weighted by Crippen LogP contribution is 2.65. The summed E-state index contributed by atoms with van der Waals surface area (Å²) >= 11 is 0. The molecule has 238 valence electrons. The highest BCUT2D eigenvalue weighted by atomic mass is 16.5. The van der Waals surface area contributed by atoms with Crippen LogP contribution in [-0.4, -0.2) is 109 Å². The normalized spacial score (nSPS) is 32.6. The topological polar surface area (TPSA) is 130 Å². The molecule has 0 aliphatic carbocycles. The van der Waals surface area contributed by atoms with E-state index in [1.165, 1.54) is 0 Å². The maximum absolute atomic E-state index is 14.5. The third kappa shape index (κ3) is 5.77. The zero-order chi connectivity index (χ0) is 30.9. The number of aliphatic hydroxyl groups is 1. The number of rotatable bonds is 12. The van der Waals surface area contributed by atoms with Gasteiger partial charge in [0, 0.05) is 31.9 Å². The number of nitrogens with one attached hydrogen (secondary N) is 2. The number of hydrogen-bond donors (Lipinski definition) is 3. The van der Waals surface area contributed by atoms with E-state index in [0.717, 1.165) is 13.1 Å². The number of morpholine rings is 1. The summed E-state index contributed by atoms with van der Waals surface area (Å²) in [6.07, 6.45) is 1.00. The number of benzene rings is 1. The minimum absolute atomic E-state index is 0.0751. The van der Waals surface area contributed by atoms with Gasteiger partial charge >= 0.3 is 0 Å². The zero-order valence-electron chi connectivity index (χ0n) is 26.1. The van der Waals surface area contributed by atoms with Crippen molar-refractivity contribution < 1.29 is 33.7 Å². The standard InChI is InChI=1S/C32H48N4O7/c1-6-42-24-9-7-22(8-10-24)34-28(38)25-26-30(40)36(23(19-37)17-20(2)3)27(32(26)18-21(4)31(25,5)43-32)29(39)33-11-12-35-13-15-41-16-14-35/h7-10,20-21,23,25-27,37H,6,11-19H2,1-5H3,(H,33,39)(H,34,38)/t21?,23-,25+,26+,27?,31-,32?/m1/s1. The van der Waals surface area contributed by atoms with Crippen LogP contribution in [0.2, 0.25) is 0 Å². The third-order valence-corrected chi connectivity index (χ3v) is 9.89. The summed E-state index contributed by atoms with van der Waals surface area (Å²) in [4.78, 5) is 46.4. The van der Waals surface area contributed by atoms with Crippen LogP contribution in [0, 0.1) is 23.7 Å². The summed E-state index contributed by atoms with van der Waals surface area (Å²) < 4.78 is 17.8. The van der Waals surface area contributed by atoms with Crippen molar-refractivity contribution in [3.05, 3.63) is 24.3 Å². The molecule has 2 bridgehead atoms. The van der Waals surface area contributed by atoms with Crippen LogP contribution in [-0.2, 0) is 23.9 Å². The molecule has 11 heteroatoms. The number of likely N-dealkylation sites (tertiary alicyclic amines) is 1. The Kier molecular flexibility index (Phi) is 9.37. The minimum Gasteiger partial charge on any atom is -0.494 e. The van der Waals surface area contributed by atoms with Gasteiger partial charge in [0.2, 0.25) is 17.7 Å². The predicted molar refractivity (Wildman–Crippen MR) is 160 cm³/mol. The first-order valence-electron chi connectivity index (χ1n) is 15.8. The molecule has 3 amide bonds. The van der Waals surface area contributed by atoms with E-state index in [0.29, 0.717) is 57.2 Å². The monoisotopic (exact) mass is 600 g/mol. The summed E-state index contributed by atoms with van der Waals surface area (Å²) in [7, 11) is 0. The van der Waals surface area contributed by atoms with Crippen LogP contribution in [0.5, 0.6) is 5.75 Å². The van der Waals surface area contributed by atoms with Gasteiger partial charge in [-0.2, -0.15) is 0 Å². The molecule has 0 saturated carbocycles. The van der Waals surface area contributed by atoms with Gasteiger partial charge in [-0.15, -0.1) is 0 Å². The maximum Gasteiger partial charge on any atom is 0.245 e. The van der Waals surface area contributed by atoms with Crippen LogP contribution in [0.1, 0.15) is 47.5 Å². The van der Waals surface area contributed by atoms with Gasteiger partial charge in [-0.05, 0) is 62.8 Å². The Balaban J connectivity index is 1.44. The summed E-state index contributed by atoms with van der Waals surface area (Å²) in [6.45, 7) is 14.2. The second-order valence-corrected chi connectivity index (χ2v) is 13.1. The lowest BCUT2D eigenvalue weighted by atomic mass is 9.62. The Labute approximate surface area is 254 Å². The first-order chi connectivity index (χ1) is 20.6. The van der Waals surface area contributed by atoms with Gasteiger partial charge in [-0.3, -0.25) is 19.3 Å². The molecule has 1 aromatic carbocycles. The molecule has 4 heterocycles. The molecule has 3 unspecified atom stereocenters. The lowest BCUT2D eigenvalue weighted by Gasteiger charge is -2.37. The van der Waals surface area contributed by atoms with Gasteiger partial charge in [-0.1, -0.05) is 20.8 Å². The van der Waals surface area contributed by atoms with Crippen molar-refractivity contribution in [2.24, 2.45) is 23.7 Å². The van der Waals surface area contributed by atoms with E-state index in [1.54, 1.807) is 29.2 Å². The molecule has 1 aromatic rings. The summed E-state index contributed by atoms with van der Waals surface area (Å²) in [5, 5.41) is 16.6. The lowest BCUT2D eigenvalue weighted by molar-refractivity contribution is -0.150. The fourth-order valence-electron chi connectivity index (χ4n) is 7.87. The number of ether oxygens (including phenoxy) is 3. The van der Waals surface area contributed by atoms with Crippen LogP contribution in [0.3, 0.4) is 0 Å². The van der Waals surface area contributed by atoms with Crippen LogP contribution in [0.15, 0.2) is 24.3 Å². The van der Waals surface area contributed by atoms with E-state index in [9.17, 15) is 19.5 Å². The molecular formula is C32H48N4O7. The van der Waals surface area contributed by atoms with Crippen LogP contribution in [0.4, 0.5) is 5.69 Å². The fraction of sp³-hybridized carbons (Fsp3) is 0.719. The highest BCUT2D eigenvalue weighted by molar-refractivity contribution is 6.02. The van der Waals surface area contributed by atoms with Crippen molar-refractivity contribution >= 4 is 23.4 Å². The number of carbonyl (C=O) groups is 3. The zero-order valence-corrected chi connectivity index (χ0v) is 26.1. The number of amides is 3. The van der Waals surface area contributed by atoms with E-state index in [2.05, 4.69) is 15.5 Å². The van der Waals surface area contributed by atoms with Crippen LogP contribution >= 0.6 is 0 Å². The summed E-state index contributed by atoms with van der Waals surface area (Å²) in [5.41, 5.74) is -1.50. The van der Waals surface area contributed by atoms with Gasteiger partial charge < -0.3 is 34.9 Å². The summed E-state index contributed by atoms with van der Waals surface area (Å²) in [5.74, 6) is -1.74. The maximum atomic E-state index is 14.5. The predicted octanol–water partition coefficient (Wildman–Crippen LogP) is 1.89. The van der Waals surface area contributed by atoms with Crippen molar-refractivity contribution in [2.45, 2.75) is 70.7 Å². The minimum atomic E-state index is -1.17. The van der Waals surface area contributed by atoms with Crippen LogP contribution in [0.25, 0.3) is 0 Å². The molecule has 0 radical (unpaired) electrons. The summed E-state index contributed by atoms with van der Waals surface area (Å²) in [6, 6.07) is 5.62. The molecule has 11 nitrogen and oxygen atoms in total. The SMILES string of the molecule is CCOc1ccc(NC(=O)[C@@H]2[C@H]3C(=O)N([C@@H](CO)CC(C)C)C(C(=O)NCCN4CCOCC4)C34CC(C)[C@@]2(C)O4)cc1. The number of hydrogen-bond acceptors (Lipinski definition) is 8. The van der Waals surface area contributed by atoms with E-state index < -0.39 is 35.1 Å². The van der Waals surface area contributed by atoms with Crippen molar-refractivity contribution in [1.82, 2.24) is 15.1 Å². The molecule has 4 aliphatic heterocycles. The van der Waals surface area contributed by atoms with Gasteiger partial charge in [0.25, 0.3) is 0 Å². The third-order valence-electron chi connectivity index (χ3n) is 9.89. The first kappa shape index (κ1) is 31.7. The Morgan fingerprint density at radius 1 is 1.16 bits per heavy atom. The van der Waals surface area contributed by atoms with Crippen molar-refractivity contribution in [3.63, 3.8) is 0 Å². The second-order valence-electron chi connectivity index (χ2n) is 13.1. The Bertz CT molecular complexity index is 1170. The molecule has 4 aliphatic rings. The average Bonchev–Trinajstić information content (AvgIpc) is 3.49. The molecule has 4 saturated heterocycles. The van der Waals surface area contributed by atoms with E-state index in [4.69, 9.17) is 14.2 Å². The van der Waals surface area contributed by atoms with Gasteiger partial charge in [0.1, 0.15) is 17.4 Å². The van der Waals surface area contributed by atoms with Gasteiger partial charge in [-0.25, -0.2) is 0 Å². The Hall–Kier alpha value is -2.73. The van der Waals surface area contributed by atoms with Crippen molar-refractivity contribution in [1.29, 1.82) is 0 Å². The van der Waals surface area contributed by atoms with Crippen molar-refractivity contribution in [2.75, 3.05) is 57.9 Å². The number of carbonyl (C=O) groups excluding carboxylic acids is 3. The average molecular weight is 601 g/mol.